The zero-order valence-electron chi connectivity index (χ0n) is 11.6. The molecule has 0 spiro atoms. The third-order valence-corrected chi connectivity index (χ3v) is 2.93. The topological polar surface area (TPSA) is 65.2 Å². The highest BCUT2D eigenvalue weighted by atomic mass is 19.4. The average molecular weight is 317 g/mol. The molecule has 2 aromatic rings. The molecule has 0 aliphatic carbocycles. The molecule has 0 radical (unpaired) electrons. The highest BCUT2D eigenvalue weighted by molar-refractivity contribution is 5.95. The Morgan fingerprint density at radius 3 is 2.39 bits per heavy atom. The average Bonchev–Trinajstić information content (AvgIpc) is 2.54. The van der Waals surface area contributed by atoms with E-state index in [0.717, 1.165) is 24.3 Å². The molecule has 1 amide bonds. The number of carbonyl (C=O) groups is 1. The van der Waals surface area contributed by atoms with Gasteiger partial charge in [0, 0.05) is 11.1 Å². The molecule has 0 unspecified atom stereocenters. The van der Waals surface area contributed by atoms with Crippen LogP contribution in [0.4, 0.5) is 13.2 Å². The number of rotatable bonds is 3. The summed E-state index contributed by atoms with van der Waals surface area (Å²) in [6.45, 7) is 0. The van der Waals surface area contributed by atoms with E-state index in [1.807, 2.05) is 6.07 Å². The molecule has 0 saturated heterocycles. The van der Waals surface area contributed by atoms with Gasteiger partial charge in [0.15, 0.2) is 0 Å². The Balaban J connectivity index is 2.05. The molecule has 0 atom stereocenters. The number of nitrogens with one attached hydrogen (secondary N) is 1. The van der Waals surface area contributed by atoms with Crippen LogP contribution in [0.2, 0.25) is 0 Å². The van der Waals surface area contributed by atoms with E-state index in [1.165, 1.54) is 6.21 Å². The third-order valence-electron chi connectivity index (χ3n) is 2.93. The van der Waals surface area contributed by atoms with Crippen molar-refractivity contribution >= 4 is 12.1 Å². The van der Waals surface area contributed by atoms with Gasteiger partial charge in [0.1, 0.15) is 0 Å². The Morgan fingerprint density at radius 2 is 1.78 bits per heavy atom. The molecule has 2 rings (SSSR count). The van der Waals surface area contributed by atoms with E-state index in [4.69, 9.17) is 5.26 Å². The second-order valence-electron chi connectivity index (χ2n) is 4.47. The third kappa shape index (κ3) is 4.17. The smallest absolute Gasteiger partial charge is 0.267 e. The van der Waals surface area contributed by atoms with Gasteiger partial charge in [0.05, 0.1) is 23.4 Å². The lowest BCUT2D eigenvalue weighted by atomic mass is 10.1. The van der Waals surface area contributed by atoms with E-state index in [1.54, 1.807) is 24.3 Å². The molecule has 0 aliphatic rings. The maximum atomic E-state index is 12.4. The largest absolute Gasteiger partial charge is 0.416 e. The van der Waals surface area contributed by atoms with Crippen LogP contribution in [0, 0.1) is 11.3 Å². The van der Waals surface area contributed by atoms with Crippen LogP contribution in [0.5, 0.6) is 0 Å². The van der Waals surface area contributed by atoms with Crippen LogP contribution in [-0.4, -0.2) is 12.1 Å². The first-order valence-corrected chi connectivity index (χ1v) is 6.41. The van der Waals surface area contributed by atoms with Gasteiger partial charge in [-0.3, -0.25) is 4.79 Å². The van der Waals surface area contributed by atoms with Crippen molar-refractivity contribution in [2.45, 2.75) is 6.18 Å². The maximum Gasteiger partial charge on any atom is 0.416 e. The number of carbonyl (C=O) groups excluding carboxylic acids is 1. The number of halogens is 3. The number of benzene rings is 2. The lowest BCUT2D eigenvalue weighted by Gasteiger charge is -2.06. The van der Waals surface area contributed by atoms with E-state index < -0.39 is 17.6 Å². The molecule has 4 nitrogen and oxygen atoms in total. The Kier molecular flexibility index (Phi) is 4.76. The van der Waals surface area contributed by atoms with Crippen molar-refractivity contribution in [3.05, 3.63) is 70.8 Å². The van der Waals surface area contributed by atoms with Gasteiger partial charge in [-0.1, -0.05) is 18.2 Å². The van der Waals surface area contributed by atoms with E-state index >= 15 is 0 Å². The van der Waals surface area contributed by atoms with E-state index in [2.05, 4.69) is 10.5 Å². The van der Waals surface area contributed by atoms with Crippen molar-refractivity contribution in [1.29, 1.82) is 5.26 Å². The van der Waals surface area contributed by atoms with Crippen LogP contribution >= 0.6 is 0 Å². The lowest BCUT2D eigenvalue weighted by molar-refractivity contribution is -0.137. The van der Waals surface area contributed by atoms with Gasteiger partial charge in [0.25, 0.3) is 5.91 Å². The fraction of sp³-hybridized carbons (Fsp3) is 0.0625. The molecule has 0 saturated carbocycles. The zero-order chi connectivity index (χ0) is 16.9. The minimum atomic E-state index is -4.45. The first kappa shape index (κ1) is 16.2. The monoisotopic (exact) mass is 317 g/mol. The fourth-order valence-electron chi connectivity index (χ4n) is 1.75. The van der Waals surface area contributed by atoms with E-state index in [9.17, 15) is 18.0 Å². The normalized spacial score (nSPS) is 11.2. The Hall–Kier alpha value is -3.14. The summed E-state index contributed by atoms with van der Waals surface area (Å²) in [5.74, 6) is -0.649. The molecule has 7 heteroatoms. The van der Waals surface area contributed by atoms with Gasteiger partial charge in [-0.2, -0.15) is 23.5 Å². The Labute approximate surface area is 129 Å². The van der Waals surface area contributed by atoms with Crippen molar-refractivity contribution in [3.63, 3.8) is 0 Å². The molecular weight excluding hydrogens is 307 g/mol. The summed E-state index contributed by atoms with van der Waals surface area (Å²) in [4.78, 5) is 11.8. The van der Waals surface area contributed by atoms with Crippen molar-refractivity contribution in [1.82, 2.24) is 5.43 Å². The number of hydrazone groups is 1. The molecule has 0 aromatic heterocycles. The summed E-state index contributed by atoms with van der Waals surface area (Å²) >= 11 is 0. The maximum absolute atomic E-state index is 12.4. The SMILES string of the molecule is N#Cc1ccccc1/C=N/NC(=O)c1ccc(C(F)(F)F)cc1. The van der Waals surface area contributed by atoms with E-state index in [-0.39, 0.29) is 5.56 Å². The van der Waals surface area contributed by atoms with E-state index in [0.29, 0.717) is 11.1 Å². The summed E-state index contributed by atoms with van der Waals surface area (Å²) < 4.78 is 37.3. The second-order valence-corrected chi connectivity index (χ2v) is 4.47. The van der Waals surface area contributed by atoms with Crippen LogP contribution in [0.15, 0.2) is 53.6 Å². The van der Waals surface area contributed by atoms with Gasteiger partial charge in [0.2, 0.25) is 0 Å². The van der Waals surface area contributed by atoms with Crippen LogP contribution in [-0.2, 0) is 6.18 Å². The van der Waals surface area contributed by atoms with Crippen LogP contribution in [0.25, 0.3) is 0 Å². The molecule has 0 aliphatic heterocycles. The number of hydrogen-bond acceptors (Lipinski definition) is 3. The van der Waals surface area contributed by atoms with Gasteiger partial charge in [-0.15, -0.1) is 0 Å². The lowest BCUT2D eigenvalue weighted by Crippen LogP contribution is -2.18. The molecule has 116 valence electrons. The van der Waals surface area contributed by atoms with Gasteiger partial charge in [-0.25, -0.2) is 5.43 Å². The van der Waals surface area contributed by atoms with Gasteiger partial charge >= 0.3 is 6.18 Å². The number of nitriles is 1. The van der Waals surface area contributed by atoms with Crippen molar-refractivity contribution in [3.8, 4) is 6.07 Å². The molecule has 2 aromatic carbocycles. The van der Waals surface area contributed by atoms with Crippen LogP contribution in [0.1, 0.15) is 27.0 Å². The number of hydrogen-bond donors (Lipinski definition) is 1. The second kappa shape index (κ2) is 6.75. The highest BCUT2D eigenvalue weighted by Gasteiger charge is 2.30. The predicted octanol–water partition coefficient (Wildman–Crippen LogP) is 3.34. The summed E-state index contributed by atoms with van der Waals surface area (Å²) in [7, 11) is 0. The molecule has 23 heavy (non-hydrogen) atoms. The Morgan fingerprint density at radius 1 is 1.13 bits per heavy atom. The van der Waals surface area contributed by atoms with Crippen molar-refractivity contribution < 1.29 is 18.0 Å². The summed E-state index contributed by atoms with van der Waals surface area (Å²) in [6.07, 6.45) is -3.16. The molecular formula is C16H10F3N3O. The van der Waals surface area contributed by atoms with Crippen LogP contribution in [0.3, 0.4) is 0 Å². The highest BCUT2D eigenvalue weighted by Crippen LogP contribution is 2.29. The van der Waals surface area contributed by atoms with Crippen LogP contribution < -0.4 is 5.43 Å². The van der Waals surface area contributed by atoms with Crippen molar-refractivity contribution in [2.75, 3.05) is 0 Å². The van der Waals surface area contributed by atoms with Gasteiger partial charge < -0.3 is 0 Å². The first-order chi connectivity index (χ1) is 10.9. The van der Waals surface area contributed by atoms with Gasteiger partial charge in [-0.05, 0) is 30.3 Å². The minimum absolute atomic E-state index is 0.0451. The minimum Gasteiger partial charge on any atom is -0.267 e. The number of alkyl halides is 3. The standard InChI is InChI=1S/C16H10F3N3O/c17-16(18,19)14-7-5-11(6-8-14)15(23)22-21-10-13-4-2-1-3-12(13)9-20/h1-8,10H,(H,22,23)/b21-10+. The zero-order valence-corrected chi connectivity index (χ0v) is 11.6. The summed E-state index contributed by atoms with van der Waals surface area (Å²) in [5.41, 5.74) is 2.31. The van der Waals surface area contributed by atoms with Crippen molar-refractivity contribution in [2.24, 2.45) is 5.10 Å². The predicted molar refractivity (Wildman–Crippen MR) is 77.7 cm³/mol. The fourth-order valence-corrected chi connectivity index (χ4v) is 1.75. The summed E-state index contributed by atoms with van der Waals surface area (Å²) in [5, 5.41) is 12.6. The molecule has 0 heterocycles. The first-order valence-electron chi connectivity index (χ1n) is 6.41. The number of nitrogens with zero attached hydrogens (tertiary/aromatic N) is 2. The molecule has 0 bridgehead atoms. The quantitative estimate of drug-likeness (QED) is 0.697. The Bertz CT molecular complexity index is 774. The molecule has 0 fully saturated rings. The molecule has 1 N–H and O–H groups in total. The number of amides is 1. The summed E-state index contributed by atoms with van der Waals surface area (Å²) in [6, 6.07) is 12.4.